The Bertz CT molecular complexity index is 626. The van der Waals surface area contributed by atoms with Crippen LogP contribution in [0.15, 0.2) is 28.9 Å². The van der Waals surface area contributed by atoms with Crippen molar-refractivity contribution in [1.82, 2.24) is 9.78 Å². The number of anilines is 2. The van der Waals surface area contributed by atoms with Crippen LogP contribution in [0.25, 0.3) is 0 Å². The van der Waals surface area contributed by atoms with Crippen molar-refractivity contribution in [2.24, 2.45) is 0 Å². The van der Waals surface area contributed by atoms with Gasteiger partial charge in [0.2, 0.25) is 0 Å². The molecule has 0 unspecified atom stereocenters. The van der Waals surface area contributed by atoms with Crippen molar-refractivity contribution in [2.45, 2.75) is 13.5 Å². The molecular formula is C12H12BrClN4O. The smallest absolute Gasteiger partial charge is 0.276 e. The van der Waals surface area contributed by atoms with Gasteiger partial charge in [0, 0.05) is 16.0 Å². The highest BCUT2D eigenvalue weighted by Gasteiger charge is 2.17. The van der Waals surface area contributed by atoms with E-state index in [0.717, 1.165) is 0 Å². The summed E-state index contributed by atoms with van der Waals surface area (Å²) in [6, 6.07) is 5.12. The first kappa shape index (κ1) is 13.9. The number of amides is 1. The second-order valence-corrected chi connectivity index (χ2v) is 5.13. The van der Waals surface area contributed by atoms with E-state index in [2.05, 4.69) is 26.3 Å². The quantitative estimate of drug-likeness (QED) is 0.899. The molecule has 7 heteroatoms. The molecule has 2 aromatic rings. The van der Waals surface area contributed by atoms with Gasteiger partial charge in [-0.15, -0.1) is 0 Å². The third kappa shape index (κ3) is 2.90. The molecule has 1 aromatic heterocycles. The van der Waals surface area contributed by atoms with Gasteiger partial charge in [0.05, 0.1) is 17.6 Å². The Morgan fingerprint density at radius 1 is 1.58 bits per heavy atom. The van der Waals surface area contributed by atoms with Crippen molar-refractivity contribution in [3.63, 3.8) is 0 Å². The number of rotatable bonds is 3. The zero-order chi connectivity index (χ0) is 14.0. The molecule has 0 saturated heterocycles. The number of halogens is 2. The zero-order valence-electron chi connectivity index (χ0n) is 10.2. The molecule has 0 spiro atoms. The summed E-state index contributed by atoms with van der Waals surface area (Å²) in [5, 5.41) is 7.39. The second-order valence-electron chi connectivity index (χ2n) is 3.84. The van der Waals surface area contributed by atoms with E-state index in [1.807, 2.05) is 6.92 Å². The number of aromatic nitrogens is 2. The van der Waals surface area contributed by atoms with Gasteiger partial charge >= 0.3 is 0 Å². The second kappa shape index (κ2) is 5.63. The Morgan fingerprint density at radius 3 is 2.95 bits per heavy atom. The van der Waals surface area contributed by atoms with Gasteiger partial charge in [-0.1, -0.05) is 11.6 Å². The number of hydrogen-bond donors (Lipinski definition) is 2. The molecule has 0 fully saturated rings. The Labute approximate surface area is 123 Å². The minimum Gasteiger partial charge on any atom is -0.396 e. The summed E-state index contributed by atoms with van der Waals surface area (Å²) in [6.45, 7) is 2.46. The highest BCUT2D eigenvalue weighted by Crippen LogP contribution is 2.26. The minimum atomic E-state index is -0.306. The summed E-state index contributed by atoms with van der Waals surface area (Å²) in [7, 11) is 0. The third-order valence-electron chi connectivity index (χ3n) is 2.56. The molecular weight excluding hydrogens is 332 g/mol. The van der Waals surface area contributed by atoms with Crippen molar-refractivity contribution in [1.29, 1.82) is 0 Å². The predicted molar refractivity (Wildman–Crippen MR) is 79.4 cm³/mol. The first-order chi connectivity index (χ1) is 9.02. The van der Waals surface area contributed by atoms with Gasteiger partial charge in [-0.25, -0.2) is 0 Å². The fourth-order valence-electron chi connectivity index (χ4n) is 1.66. The molecule has 5 nitrogen and oxygen atoms in total. The summed E-state index contributed by atoms with van der Waals surface area (Å²) in [4.78, 5) is 12.2. The standard InChI is InChI=1S/C12H12BrClN4O/c1-2-18-11(9(15)6-16-18)12(19)17-10-4-3-7(14)5-8(10)13/h3-6H,2,15H2,1H3,(H,17,19). The summed E-state index contributed by atoms with van der Waals surface area (Å²) in [5.74, 6) is -0.306. The molecule has 2 rings (SSSR count). The van der Waals surface area contributed by atoms with E-state index in [1.165, 1.54) is 6.20 Å². The van der Waals surface area contributed by atoms with Crippen LogP contribution in [0, 0.1) is 0 Å². The highest BCUT2D eigenvalue weighted by molar-refractivity contribution is 9.10. The number of nitrogens with one attached hydrogen (secondary N) is 1. The molecule has 1 heterocycles. The van der Waals surface area contributed by atoms with Gasteiger partial charge in [0.15, 0.2) is 0 Å². The number of carbonyl (C=O) groups excluding carboxylic acids is 1. The molecule has 0 aliphatic rings. The Morgan fingerprint density at radius 2 is 2.32 bits per heavy atom. The molecule has 0 radical (unpaired) electrons. The van der Waals surface area contributed by atoms with Crippen molar-refractivity contribution in [2.75, 3.05) is 11.1 Å². The molecule has 0 atom stereocenters. The van der Waals surface area contributed by atoms with E-state index in [1.54, 1.807) is 22.9 Å². The van der Waals surface area contributed by atoms with Crippen LogP contribution in [0.2, 0.25) is 5.02 Å². The van der Waals surface area contributed by atoms with E-state index in [-0.39, 0.29) is 5.91 Å². The van der Waals surface area contributed by atoms with E-state index in [9.17, 15) is 4.79 Å². The monoisotopic (exact) mass is 342 g/mol. The topological polar surface area (TPSA) is 72.9 Å². The number of aryl methyl sites for hydroxylation is 1. The summed E-state index contributed by atoms with van der Waals surface area (Å²) in [5.41, 5.74) is 7.08. The SMILES string of the molecule is CCn1ncc(N)c1C(=O)Nc1ccc(Cl)cc1Br. The van der Waals surface area contributed by atoms with Gasteiger partial charge < -0.3 is 11.1 Å². The summed E-state index contributed by atoms with van der Waals surface area (Å²) < 4.78 is 2.25. The van der Waals surface area contributed by atoms with Gasteiger partial charge in [-0.05, 0) is 41.1 Å². The molecule has 100 valence electrons. The van der Waals surface area contributed by atoms with Crippen LogP contribution in [0.5, 0.6) is 0 Å². The number of nitrogens with two attached hydrogens (primary N) is 1. The maximum Gasteiger partial charge on any atom is 0.276 e. The van der Waals surface area contributed by atoms with E-state index in [4.69, 9.17) is 17.3 Å². The number of carbonyl (C=O) groups is 1. The van der Waals surface area contributed by atoms with E-state index >= 15 is 0 Å². The van der Waals surface area contributed by atoms with Gasteiger partial charge in [-0.2, -0.15) is 5.10 Å². The van der Waals surface area contributed by atoms with Gasteiger partial charge in [0.25, 0.3) is 5.91 Å². The number of nitrogens with zero attached hydrogens (tertiary/aromatic N) is 2. The first-order valence-corrected chi connectivity index (χ1v) is 6.77. The maximum absolute atomic E-state index is 12.2. The maximum atomic E-state index is 12.2. The molecule has 1 aromatic carbocycles. The molecule has 19 heavy (non-hydrogen) atoms. The lowest BCUT2D eigenvalue weighted by molar-refractivity contribution is 0.101. The van der Waals surface area contributed by atoms with Gasteiger partial charge in [0.1, 0.15) is 5.69 Å². The first-order valence-electron chi connectivity index (χ1n) is 5.60. The average molecular weight is 344 g/mol. The summed E-state index contributed by atoms with van der Waals surface area (Å²) in [6.07, 6.45) is 1.47. The minimum absolute atomic E-state index is 0.306. The molecule has 0 saturated carbocycles. The van der Waals surface area contributed by atoms with E-state index < -0.39 is 0 Å². The molecule has 1 amide bonds. The van der Waals surface area contributed by atoms with E-state index in [0.29, 0.717) is 33.1 Å². The molecule has 0 bridgehead atoms. The van der Waals surface area contributed by atoms with Crippen LogP contribution in [0.4, 0.5) is 11.4 Å². The number of nitrogen functional groups attached to an aromatic ring is 1. The molecule has 0 aliphatic heterocycles. The van der Waals surface area contributed by atoms with Crippen LogP contribution in [0.1, 0.15) is 17.4 Å². The van der Waals surface area contributed by atoms with Crippen molar-refractivity contribution in [3.05, 3.63) is 39.6 Å². The number of hydrogen-bond acceptors (Lipinski definition) is 3. The largest absolute Gasteiger partial charge is 0.396 e. The Kier molecular flexibility index (Phi) is 4.11. The summed E-state index contributed by atoms with van der Waals surface area (Å²) >= 11 is 9.19. The van der Waals surface area contributed by atoms with Crippen LogP contribution in [-0.2, 0) is 6.54 Å². The lowest BCUT2D eigenvalue weighted by Gasteiger charge is -2.09. The van der Waals surface area contributed by atoms with Crippen molar-refractivity contribution < 1.29 is 4.79 Å². The fraction of sp³-hybridized carbons (Fsp3) is 0.167. The zero-order valence-corrected chi connectivity index (χ0v) is 12.5. The fourth-order valence-corrected chi connectivity index (χ4v) is 2.44. The molecule has 0 aliphatic carbocycles. The van der Waals surface area contributed by atoms with Crippen LogP contribution in [-0.4, -0.2) is 15.7 Å². The predicted octanol–water partition coefficient (Wildman–Crippen LogP) is 3.15. The Hall–Kier alpha value is -1.53. The lowest BCUT2D eigenvalue weighted by atomic mass is 10.3. The van der Waals surface area contributed by atoms with Crippen LogP contribution < -0.4 is 11.1 Å². The normalized spacial score (nSPS) is 10.5. The van der Waals surface area contributed by atoms with Gasteiger partial charge in [-0.3, -0.25) is 9.48 Å². The van der Waals surface area contributed by atoms with Crippen molar-refractivity contribution in [3.8, 4) is 0 Å². The number of benzene rings is 1. The van der Waals surface area contributed by atoms with Crippen LogP contribution in [0.3, 0.4) is 0 Å². The lowest BCUT2D eigenvalue weighted by Crippen LogP contribution is -2.19. The average Bonchev–Trinajstić information content (AvgIpc) is 2.74. The molecule has 3 N–H and O–H groups in total. The highest BCUT2D eigenvalue weighted by atomic mass is 79.9. The Balaban J connectivity index is 2.28. The van der Waals surface area contributed by atoms with Crippen molar-refractivity contribution >= 4 is 44.8 Å². The third-order valence-corrected chi connectivity index (χ3v) is 3.45. The van der Waals surface area contributed by atoms with Crippen LogP contribution >= 0.6 is 27.5 Å².